The van der Waals surface area contributed by atoms with E-state index in [-0.39, 0.29) is 0 Å². The van der Waals surface area contributed by atoms with E-state index < -0.39 is 0 Å². The van der Waals surface area contributed by atoms with Gasteiger partial charge in [-0.1, -0.05) is 54.6 Å². The van der Waals surface area contributed by atoms with Crippen LogP contribution < -0.4 is 0 Å². The smallest absolute Gasteiger partial charge is 0.0233 e. The highest BCUT2D eigenvalue weighted by Gasteiger charge is 1.86. The topological polar surface area (TPSA) is 0 Å². The lowest BCUT2D eigenvalue weighted by atomic mass is 10.1. The van der Waals surface area contributed by atoms with Gasteiger partial charge >= 0.3 is 0 Å². The summed E-state index contributed by atoms with van der Waals surface area (Å²) in [7, 11) is 0. The fraction of sp³-hybridized carbons (Fsp3) is 0.231. The first-order valence-corrected chi connectivity index (χ1v) is 4.50. The third-order valence-corrected chi connectivity index (χ3v) is 1.60. The summed E-state index contributed by atoms with van der Waals surface area (Å²) in [5.74, 6) is 0. The average molecular weight is 174 g/mol. The summed E-state index contributed by atoms with van der Waals surface area (Å²) in [6.07, 6.45) is 4.00. The zero-order valence-electron chi connectivity index (χ0n) is 8.75. The Kier molecular flexibility index (Phi) is 6.62. The van der Waals surface area contributed by atoms with Gasteiger partial charge in [0.25, 0.3) is 0 Å². The Morgan fingerprint density at radius 2 is 1.54 bits per heavy atom. The molecule has 0 spiro atoms. The first-order chi connectivity index (χ1) is 6.22. The van der Waals surface area contributed by atoms with Gasteiger partial charge in [-0.3, -0.25) is 0 Å². The molecule has 0 atom stereocenters. The van der Waals surface area contributed by atoms with Crippen LogP contribution >= 0.6 is 0 Å². The minimum atomic E-state index is 1.12. The number of hydrogen-bond acceptors (Lipinski definition) is 0. The van der Waals surface area contributed by atoms with Crippen molar-refractivity contribution < 1.29 is 0 Å². The van der Waals surface area contributed by atoms with Crippen molar-refractivity contribution in [2.45, 2.75) is 20.8 Å². The van der Waals surface area contributed by atoms with Gasteiger partial charge in [-0.05, 0) is 26.3 Å². The Morgan fingerprint density at radius 1 is 1.08 bits per heavy atom. The molecule has 0 nitrogen and oxygen atoms in total. The summed E-state index contributed by atoms with van der Waals surface area (Å²) in [6.45, 7) is 9.83. The van der Waals surface area contributed by atoms with Crippen molar-refractivity contribution in [2.24, 2.45) is 0 Å². The molecule has 0 radical (unpaired) electrons. The van der Waals surface area contributed by atoms with Gasteiger partial charge in [0.1, 0.15) is 0 Å². The molecule has 0 unspecified atom stereocenters. The SMILES string of the molecule is C=C(C)c1ccccc1.CC=CC. The third-order valence-electron chi connectivity index (χ3n) is 1.60. The van der Waals surface area contributed by atoms with E-state index in [1.54, 1.807) is 0 Å². The average Bonchev–Trinajstić information content (AvgIpc) is 2.19. The van der Waals surface area contributed by atoms with Gasteiger partial charge in [0.05, 0.1) is 0 Å². The molecule has 1 aromatic carbocycles. The first-order valence-electron chi connectivity index (χ1n) is 4.50. The van der Waals surface area contributed by atoms with Crippen LogP contribution in [0.5, 0.6) is 0 Å². The Balaban J connectivity index is 0.000000310. The second-order valence-electron chi connectivity index (χ2n) is 2.81. The van der Waals surface area contributed by atoms with Crippen molar-refractivity contribution in [3.63, 3.8) is 0 Å². The molecular formula is C13H18. The number of benzene rings is 1. The summed E-state index contributed by atoms with van der Waals surface area (Å²) in [5, 5.41) is 0. The summed E-state index contributed by atoms with van der Waals surface area (Å²) in [6, 6.07) is 10.2. The summed E-state index contributed by atoms with van der Waals surface area (Å²) >= 11 is 0. The van der Waals surface area contributed by atoms with Crippen LogP contribution in [0, 0.1) is 0 Å². The second-order valence-corrected chi connectivity index (χ2v) is 2.81. The number of hydrogen-bond donors (Lipinski definition) is 0. The molecule has 0 bridgehead atoms. The Hall–Kier alpha value is -1.30. The molecule has 70 valence electrons. The molecule has 0 aliphatic rings. The van der Waals surface area contributed by atoms with Crippen LogP contribution in [-0.2, 0) is 0 Å². The molecule has 0 heteroatoms. The lowest BCUT2D eigenvalue weighted by Crippen LogP contribution is -1.72. The van der Waals surface area contributed by atoms with Gasteiger partial charge < -0.3 is 0 Å². The second kappa shape index (κ2) is 7.35. The molecule has 0 aliphatic heterocycles. The molecule has 0 saturated carbocycles. The number of rotatable bonds is 1. The highest BCUT2D eigenvalue weighted by atomic mass is 13.9. The normalized spacial score (nSPS) is 9.15. The van der Waals surface area contributed by atoms with E-state index in [0.29, 0.717) is 0 Å². The maximum absolute atomic E-state index is 3.83. The van der Waals surface area contributed by atoms with Gasteiger partial charge in [0.2, 0.25) is 0 Å². The fourth-order valence-electron chi connectivity index (χ4n) is 0.723. The Bertz CT molecular complexity index is 251. The van der Waals surface area contributed by atoms with Crippen molar-refractivity contribution in [3.8, 4) is 0 Å². The van der Waals surface area contributed by atoms with E-state index in [0.717, 1.165) is 5.57 Å². The van der Waals surface area contributed by atoms with Crippen molar-refractivity contribution in [1.82, 2.24) is 0 Å². The van der Waals surface area contributed by atoms with Crippen LogP contribution in [0.3, 0.4) is 0 Å². The third kappa shape index (κ3) is 5.92. The van der Waals surface area contributed by atoms with Gasteiger partial charge in [-0.15, -0.1) is 0 Å². The molecule has 1 aromatic rings. The van der Waals surface area contributed by atoms with E-state index in [4.69, 9.17) is 0 Å². The predicted octanol–water partition coefficient (Wildman–Crippen LogP) is 4.30. The van der Waals surface area contributed by atoms with E-state index in [1.165, 1.54) is 5.56 Å². The molecule has 0 aliphatic carbocycles. The highest BCUT2D eigenvalue weighted by Crippen LogP contribution is 2.08. The molecule has 0 fully saturated rings. The largest absolute Gasteiger partial charge is 0.0955 e. The summed E-state index contributed by atoms with van der Waals surface area (Å²) < 4.78 is 0. The summed E-state index contributed by atoms with van der Waals surface area (Å²) in [5.41, 5.74) is 2.34. The minimum absolute atomic E-state index is 1.12. The quantitative estimate of drug-likeness (QED) is 0.557. The molecule has 1 rings (SSSR count). The maximum atomic E-state index is 3.83. The monoisotopic (exact) mass is 174 g/mol. The van der Waals surface area contributed by atoms with Gasteiger partial charge in [-0.25, -0.2) is 0 Å². The van der Waals surface area contributed by atoms with Crippen molar-refractivity contribution in [1.29, 1.82) is 0 Å². The van der Waals surface area contributed by atoms with Crippen molar-refractivity contribution >= 4 is 5.57 Å². The molecule has 13 heavy (non-hydrogen) atoms. The molecule has 0 aromatic heterocycles. The van der Waals surface area contributed by atoms with Crippen LogP contribution in [0.25, 0.3) is 5.57 Å². The van der Waals surface area contributed by atoms with Crippen molar-refractivity contribution in [2.75, 3.05) is 0 Å². The van der Waals surface area contributed by atoms with E-state index in [1.807, 2.05) is 51.1 Å². The van der Waals surface area contributed by atoms with E-state index in [9.17, 15) is 0 Å². The summed E-state index contributed by atoms with van der Waals surface area (Å²) in [4.78, 5) is 0. The molecule has 0 saturated heterocycles. The zero-order valence-corrected chi connectivity index (χ0v) is 8.75. The Morgan fingerprint density at radius 3 is 1.77 bits per heavy atom. The van der Waals surface area contributed by atoms with Crippen LogP contribution in [0.15, 0.2) is 49.1 Å². The number of allylic oxidation sites excluding steroid dienone is 3. The zero-order chi connectivity index (χ0) is 10.1. The van der Waals surface area contributed by atoms with Crippen LogP contribution in [0.4, 0.5) is 0 Å². The van der Waals surface area contributed by atoms with Crippen LogP contribution in [-0.4, -0.2) is 0 Å². The fourth-order valence-corrected chi connectivity index (χ4v) is 0.723. The minimum Gasteiger partial charge on any atom is -0.0955 e. The van der Waals surface area contributed by atoms with Gasteiger partial charge in [0, 0.05) is 0 Å². The molecular weight excluding hydrogens is 156 g/mol. The predicted molar refractivity (Wildman–Crippen MR) is 61.6 cm³/mol. The first kappa shape index (κ1) is 11.7. The maximum Gasteiger partial charge on any atom is -0.0233 e. The molecule has 0 heterocycles. The standard InChI is InChI=1S/C9H10.C4H8/c1-8(2)9-6-4-3-5-7-9;1-3-4-2/h3-7H,1H2,2H3;3-4H,1-2H3. The van der Waals surface area contributed by atoms with Gasteiger partial charge in [0.15, 0.2) is 0 Å². The highest BCUT2D eigenvalue weighted by molar-refractivity contribution is 5.60. The van der Waals surface area contributed by atoms with Crippen LogP contribution in [0.2, 0.25) is 0 Å². The van der Waals surface area contributed by atoms with E-state index >= 15 is 0 Å². The lowest BCUT2D eigenvalue weighted by molar-refractivity contribution is 1.58. The van der Waals surface area contributed by atoms with Crippen LogP contribution in [0.1, 0.15) is 26.3 Å². The lowest BCUT2D eigenvalue weighted by Gasteiger charge is -1.94. The molecule has 0 amide bonds. The molecule has 0 N–H and O–H groups in total. The van der Waals surface area contributed by atoms with Crippen molar-refractivity contribution in [3.05, 3.63) is 54.6 Å². The van der Waals surface area contributed by atoms with E-state index in [2.05, 4.69) is 18.7 Å². The Labute approximate surface area is 81.6 Å². The van der Waals surface area contributed by atoms with Gasteiger partial charge in [-0.2, -0.15) is 0 Å².